The van der Waals surface area contributed by atoms with Crippen LogP contribution in [0, 0.1) is 5.92 Å². The number of aryl methyl sites for hydroxylation is 1. The predicted molar refractivity (Wildman–Crippen MR) is 97.2 cm³/mol. The lowest BCUT2D eigenvalue weighted by Crippen LogP contribution is -2.43. The van der Waals surface area contributed by atoms with Gasteiger partial charge in [-0.25, -0.2) is 0 Å². The van der Waals surface area contributed by atoms with Crippen molar-refractivity contribution in [3.8, 4) is 0 Å². The van der Waals surface area contributed by atoms with Crippen LogP contribution in [0.2, 0.25) is 0 Å². The maximum Gasteiger partial charge on any atom is 0.224 e. The van der Waals surface area contributed by atoms with Crippen molar-refractivity contribution in [3.63, 3.8) is 0 Å². The van der Waals surface area contributed by atoms with Crippen molar-refractivity contribution in [1.29, 1.82) is 0 Å². The summed E-state index contributed by atoms with van der Waals surface area (Å²) in [5.41, 5.74) is 2.71. The molecular formula is C20H30N2O2. The van der Waals surface area contributed by atoms with Gasteiger partial charge in [0.1, 0.15) is 0 Å². The van der Waals surface area contributed by atoms with E-state index in [0.717, 1.165) is 45.3 Å². The van der Waals surface area contributed by atoms with Crippen LogP contribution in [0.3, 0.4) is 0 Å². The maximum absolute atomic E-state index is 12.6. The number of carbonyl (C=O) groups excluding carboxylic acids is 1. The third-order valence-electron chi connectivity index (χ3n) is 5.81. The summed E-state index contributed by atoms with van der Waals surface area (Å²) in [7, 11) is 0. The van der Waals surface area contributed by atoms with Gasteiger partial charge in [0.15, 0.2) is 0 Å². The third-order valence-corrected chi connectivity index (χ3v) is 5.81. The third kappa shape index (κ3) is 3.75. The number of nitrogens with zero attached hydrogens (tertiary/aromatic N) is 2. The number of likely N-dealkylation sites (tertiary alicyclic amines) is 1. The van der Waals surface area contributed by atoms with Crippen LogP contribution in [0.5, 0.6) is 0 Å². The fraction of sp³-hybridized carbons (Fsp3) is 0.650. The average Bonchev–Trinajstić information content (AvgIpc) is 2.60. The summed E-state index contributed by atoms with van der Waals surface area (Å²) in [5, 5.41) is 9.69. The van der Waals surface area contributed by atoms with Gasteiger partial charge in [0.25, 0.3) is 0 Å². The van der Waals surface area contributed by atoms with Crippen molar-refractivity contribution < 1.29 is 9.90 Å². The van der Waals surface area contributed by atoms with Crippen molar-refractivity contribution in [1.82, 2.24) is 4.90 Å². The van der Waals surface area contributed by atoms with Gasteiger partial charge in [-0.05, 0) is 57.1 Å². The highest BCUT2D eigenvalue weighted by Crippen LogP contribution is 2.30. The van der Waals surface area contributed by atoms with E-state index < -0.39 is 0 Å². The number of fused-ring (bicyclic) bond motifs is 1. The Labute approximate surface area is 145 Å². The first-order valence-corrected chi connectivity index (χ1v) is 9.36. The van der Waals surface area contributed by atoms with Gasteiger partial charge >= 0.3 is 0 Å². The van der Waals surface area contributed by atoms with E-state index in [1.54, 1.807) is 0 Å². The van der Waals surface area contributed by atoms with E-state index in [0.29, 0.717) is 18.4 Å². The number of para-hydroxylation sites is 1. The molecule has 1 fully saturated rings. The molecule has 1 saturated heterocycles. The highest BCUT2D eigenvalue weighted by atomic mass is 16.3. The maximum atomic E-state index is 12.6. The molecule has 1 N–H and O–H groups in total. The highest BCUT2D eigenvalue weighted by Gasteiger charge is 2.27. The van der Waals surface area contributed by atoms with Crippen LogP contribution >= 0.6 is 0 Å². The number of piperidine rings is 1. The summed E-state index contributed by atoms with van der Waals surface area (Å²) in [4.78, 5) is 17.0. The van der Waals surface area contributed by atoms with E-state index in [-0.39, 0.29) is 12.0 Å². The highest BCUT2D eigenvalue weighted by molar-refractivity contribution is 5.77. The second kappa shape index (κ2) is 7.56. The number of aliphatic hydroxyl groups excluding tert-OH is 1. The second-order valence-electron chi connectivity index (χ2n) is 7.42. The summed E-state index contributed by atoms with van der Waals surface area (Å²) in [5.74, 6) is 0.609. The standard InChI is InChI=1S/C20H30N2O2/c1-15-7-8-18-5-3-4-6-19(18)22(15)14-11-20(24)21-12-9-17(10-13-21)16(2)23/h3-6,15-17,23H,7-14H2,1-2H3. The van der Waals surface area contributed by atoms with Crippen molar-refractivity contribution in [2.24, 2.45) is 5.92 Å². The Balaban J connectivity index is 1.55. The summed E-state index contributed by atoms with van der Waals surface area (Å²) in [6.45, 7) is 6.50. The molecule has 1 aromatic carbocycles. The van der Waals surface area contributed by atoms with Gasteiger partial charge in [0.05, 0.1) is 6.10 Å². The summed E-state index contributed by atoms with van der Waals surface area (Å²) in [6.07, 6.45) is 4.46. The van der Waals surface area contributed by atoms with Crippen molar-refractivity contribution in [2.75, 3.05) is 24.5 Å². The molecule has 2 heterocycles. The SMILES string of the molecule is CC(O)C1CCN(C(=O)CCN2c3ccccc3CCC2C)CC1. The minimum atomic E-state index is -0.257. The summed E-state index contributed by atoms with van der Waals surface area (Å²) < 4.78 is 0. The van der Waals surface area contributed by atoms with Crippen LogP contribution in [0.25, 0.3) is 0 Å². The Morgan fingerprint density at radius 3 is 2.67 bits per heavy atom. The fourth-order valence-electron chi connectivity index (χ4n) is 4.11. The molecule has 1 aromatic rings. The van der Waals surface area contributed by atoms with Crippen LogP contribution in [-0.2, 0) is 11.2 Å². The molecule has 2 atom stereocenters. The van der Waals surface area contributed by atoms with E-state index in [9.17, 15) is 9.90 Å². The number of rotatable bonds is 4. The average molecular weight is 330 g/mol. The number of amides is 1. The Bertz CT molecular complexity index is 565. The molecule has 2 aliphatic rings. The summed E-state index contributed by atoms with van der Waals surface area (Å²) in [6, 6.07) is 9.07. The zero-order valence-electron chi connectivity index (χ0n) is 14.9. The molecule has 24 heavy (non-hydrogen) atoms. The van der Waals surface area contributed by atoms with Crippen LogP contribution in [-0.4, -0.2) is 47.7 Å². The molecule has 0 radical (unpaired) electrons. The predicted octanol–water partition coefficient (Wildman–Crippen LogP) is 2.84. The molecular weight excluding hydrogens is 300 g/mol. The van der Waals surface area contributed by atoms with E-state index in [1.165, 1.54) is 11.3 Å². The van der Waals surface area contributed by atoms with Crippen molar-refractivity contribution >= 4 is 11.6 Å². The molecule has 4 nitrogen and oxygen atoms in total. The number of benzene rings is 1. The molecule has 0 aliphatic carbocycles. The smallest absolute Gasteiger partial charge is 0.224 e. The lowest BCUT2D eigenvalue weighted by atomic mass is 9.92. The molecule has 4 heteroatoms. The molecule has 3 rings (SSSR count). The number of anilines is 1. The van der Waals surface area contributed by atoms with E-state index in [4.69, 9.17) is 0 Å². The van der Waals surface area contributed by atoms with Crippen molar-refractivity contribution in [2.45, 2.75) is 58.1 Å². The molecule has 2 unspecified atom stereocenters. The quantitative estimate of drug-likeness (QED) is 0.923. The summed E-state index contributed by atoms with van der Waals surface area (Å²) >= 11 is 0. The largest absolute Gasteiger partial charge is 0.393 e. The fourth-order valence-corrected chi connectivity index (χ4v) is 4.11. The lowest BCUT2D eigenvalue weighted by Gasteiger charge is -2.38. The van der Waals surface area contributed by atoms with Gasteiger partial charge in [-0.2, -0.15) is 0 Å². The van der Waals surface area contributed by atoms with Gasteiger partial charge in [-0.15, -0.1) is 0 Å². The molecule has 2 aliphatic heterocycles. The van der Waals surface area contributed by atoms with Crippen molar-refractivity contribution in [3.05, 3.63) is 29.8 Å². The topological polar surface area (TPSA) is 43.8 Å². The molecule has 1 amide bonds. The molecule has 0 bridgehead atoms. The van der Waals surface area contributed by atoms with Gasteiger partial charge < -0.3 is 14.9 Å². The van der Waals surface area contributed by atoms with Gasteiger partial charge in [-0.1, -0.05) is 18.2 Å². The number of aliphatic hydroxyl groups is 1. The first-order valence-electron chi connectivity index (χ1n) is 9.36. The molecule has 132 valence electrons. The zero-order chi connectivity index (χ0) is 17.1. The number of carbonyl (C=O) groups is 1. The Morgan fingerprint density at radius 2 is 1.96 bits per heavy atom. The van der Waals surface area contributed by atoms with Gasteiger partial charge in [0.2, 0.25) is 5.91 Å². The van der Waals surface area contributed by atoms with Crippen LogP contribution in [0.1, 0.15) is 45.1 Å². The van der Waals surface area contributed by atoms with E-state index in [2.05, 4.69) is 36.1 Å². The zero-order valence-corrected chi connectivity index (χ0v) is 14.9. The Kier molecular flexibility index (Phi) is 5.44. The van der Waals surface area contributed by atoms with Crippen LogP contribution in [0.15, 0.2) is 24.3 Å². The molecule has 0 saturated carbocycles. The molecule has 0 aromatic heterocycles. The first kappa shape index (κ1) is 17.3. The number of hydrogen-bond acceptors (Lipinski definition) is 3. The number of hydrogen-bond donors (Lipinski definition) is 1. The van der Waals surface area contributed by atoms with E-state index >= 15 is 0 Å². The van der Waals surface area contributed by atoms with Crippen LogP contribution < -0.4 is 4.90 Å². The monoisotopic (exact) mass is 330 g/mol. The van der Waals surface area contributed by atoms with Gasteiger partial charge in [-0.3, -0.25) is 4.79 Å². The van der Waals surface area contributed by atoms with Gasteiger partial charge in [0, 0.05) is 37.8 Å². The normalized spacial score (nSPS) is 23.0. The van der Waals surface area contributed by atoms with E-state index in [1.807, 2.05) is 11.8 Å². The minimum absolute atomic E-state index is 0.257. The minimum Gasteiger partial charge on any atom is -0.393 e. The molecule has 0 spiro atoms. The van der Waals surface area contributed by atoms with Crippen LogP contribution in [0.4, 0.5) is 5.69 Å². The first-order chi connectivity index (χ1) is 11.6. The lowest BCUT2D eigenvalue weighted by molar-refractivity contribution is -0.132. The Morgan fingerprint density at radius 1 is 1.25 bits per heavy atom. The second-order valence-corrected chi connectivity index (χ2v) is 7.42. The Hall–Kier alpha value is -1.55.